The zero-order valence-electron chi connectivity index (χ0n) is 22.4. The Bertz CT molecular complexity index is 1530. The molecule has 2 aliphatic heterocycles. The Labute approximate surface area is 250 Å². The van der Waals surface area contributed by atoms with E-state index in [4.69, 9.17) is 22.0 Å². The van der Waals surface area contributed by atoms with Gasteiger partial charge in [-0.25, -0.2) is 14.6 Å². The van der Waals surface area contributed by atoms with E-state index in [0.29, 0.717) is 16.5 Å². The predicted molar refractivity (Wildman–Crippen MR) is 155 cm³/mol. The molecule has 1 saturated heterocycles. The highest BCUT2D eigenvalue weighted by molar-refractivity contribution is 8.01. The van der Waals surface area contributed by atoms with Crippen LogP contribution in [0.5, 0.6) is 0 Å². The fraction of sp³-hybridized carbons (Fsp3) is 0.364. The van der Waals surface area contributed by atoms with Crippen LogP contribution in [0.3, 0.4) is 0 Å². The number of rotatable bonds is 11. The summed E-state index contributed by atoms with van der Waals surface area (Å²) in [7, 11) is 1.63. The Balaban J connectivity index is 1.54. The van der Waals surface area contributed by atoms with E-state index in [1.54, 1.807) is 7.05 Å². The third kappa shape index (κ3) is 5.99. The van der Waals surface area contributed by atoms with Crippen LogP contribution >= 0.6 is 34.9 Å². The molecule has 2 amide bonds. The summed E-state index contributed by atoms with van der Waals surface area (Å²) in [6.45, 7) is 2.47. The second-order valence-corrected chi connectivity index (χ2v) is 12.2. The SMILES string of the molecule is CN[n+]1c(N)cc(N)nc1SCC1=C(C(=O)O)N2C(=O)[C@@H](NC(=O)/C(=N/OC(C)(C)C(=O)O)c3csc(N)n3)[C@H]2SC1. The molecular formula is C22H27N10O7S3+. The van der Waals surface area contributed by atoms with Gasteiger partial charge in [-0.3, -0.25) is 19.9 Å². The van der Waals surface area contributed by atoms with Crippen molar-refractivity contribution in [3.05, 3.63) is 28.4 Å². The lowest BCUT2D eigenvalue weighted by Crippen LogP contribution is -2.71. The number of nitrogens with two attached hydrogens (primary N) is 3. The van der Waals surface area contributed by atoms with Crippen LogP contribution in [0.1, 0.15) is 19.5 Å². The molecule has 2 atom stereocenters. The second-order valence-electron chi connectivity index (χ2n) is 9.27. The van der Waals surface area contributed by atoms with Crippen molar-refractivity contribution in [2.75, 3.05) is 41.2 Å². The molecule has 0 aliphatic carbocycles. The third-order valence-electron chi connectivity index (χ3n) is 5.97. The van der Waals surface area contributed by atoms with E-state index in [2.05, 4.69) is 25.9 Å². The molecule has 2 aromatic rings. The van der Waals surface area contributed by atoms with Gasteiger partial charge >= 0.3 is 17.1 Å². The summed E-state index contributed by atoms with van der Waals surface area (Å²) >= 11 is 3.46. The summed E-state index contributed by atoms with van der Waals surface area (Å²) < 4.78 is 1.48. The van der Waals surface area contributed by atoms with Gasteiger partial charge in [0.2, 0.25) is 17.2 Å². The highest BCUT2D eigenvalue weighted by Crippen LogP contribution is 2.41. The number of fused-ring (bicyclic) bond motifs is 1. The first-order chi connectivity index (χ1) is 19.7. The summed E-state index contributed by atoms with van der Waals surface area (Å²) in [6.07, 6.45) is 0. The molecule has 0 bridgehead atoms. The maximum absolute atomic E-state index is 13.2. The van der Waals surface area contributed by atoms with Gasteiger partial charge in [0.15, 0.2) is 10.8 Å². The molecule has 2 aliphatic rings. The van der Waals surface area contributed by atoms with E-state index in [-0.39, 0.29) is 33.8 Å². The van der Waals surface area contributed by atoms with Gasteiger partial charge in [0.1, 0.15) is 22.8 Å². The number of nitrogens with zero attached hydrogens (tertiary/aromatic N) is 5. The number of anilines is 3. The summed E-state index contributed by atoms with van der Waals surface area (Å²) in [5, 5.41) is 26.8. The quantitative estimate of drug-likeness (QED) is 0.0382. The van der Waals surface area contributed by atoms with Crippen molar-refractivity contribution in [3.8, 4) is 0 Å². The zero-order valence-corrected chi connectivity index (χ0v) is 24.8. The Hall–Kier alpha value is -4.30. The molecule has 2 aromatic heterocycles. The molecular weight excluding hydrogens is 613 g/mol. The number of hydrogen-bond acceptors (Lipinski definition) is 15. The minimum absolute atomic E-state index is 0.0103. The predicted octanol–water partition coefficient (Wildman–Crippen LogP) is -1.14. The van der Waals surface area contributed by atoms with E-state index >= 15 is 0 Å². The van der Waals surface area contributed by atoms with E-state index in [9.17, 15) is 29.4 Å². The van der Waals surface area contributed by atoms with E-state index in [1.807, 2.05) is 0 Å². The number of nitrogen functional groups attached to an aromatic ring is 3. The standard InChI is InChI=1S/C22H26N10O7S3/c1-22(2,19(37)38)39-30-12(9-7-41-20(25)27-9)15(33)29-13-16(34)31-14(18(35)36)8(5-40-17(13)31)6-42-21-28-10(23)4-11(24)32(21)26-3/h4,7,13,17,26H,5-6H2,1-3H3,(H8,23,24,25,27,29,33,35,36,37,38)/p+1/b30-12+/t13-,17-/m1/s1. The van der Waals surface area contributed by atoms with Crippen LogP contribution < -0.4 is 32.6 Å². The van der Waals surface area contributed by atoms with Crippen molar-refractivity contribution >= 4 is 81.1 Å². The number of carbonyl (C=O) groups excluding carboxylic acids is 2. The van der Waals surface area contributed by atoms with Crippen LogP contribution in [-0.4, -0.2) is 90.1 Å². The number of hydrogen-bond donors (Lipinski definition) is 7. The molecule has 1 fully saturated rings. The molecule has 20 heteroatoms. The molecule has 4 heterocycles. The fourth-order valence-electron chi connectivity index (χ4n) is 3.80. The number of oxime groups is 1. The van der Waals surface area contributed by atoms with Gasteiger partial charge in [0.05, 0.1) is 6.07 Å². The van der Waals surface area contributed by atoms with Gasteiger partial charge in [0.25, 0.3) is 11.8 Å². The number of aromatic nitrogens is 3. The molecule has 0 spiro atoms. The van der Waals surface area contributed by atoms with Gasteiger partial charge in [-0.2, -0.15) is 0 Å². The van der Waals surface area contributed by atoms with Gasteiger partial charge in [0, 0.05) is 23.9 Å². The molecule has 0 saturated carbocycles. The summed E-state index contributed by atoms with van der Waals surface area (Å²) in [6, 6.07) is 0.372. The van der Waals surface area contributed by atoms with Crippen LogP contribution in [0, 0.1) is 0 Å². The largest absolute Gasteiger partial charge is 0.478 e. The van der Waals surface area contributed by atoms with Crippen molar-refractivity contribution in [2.24, 2.45) is 5.16 Å². The number of carboxylic acid groups (broad SMARTS) is 2. The number of carboxylic acids is 2. The number of aliphatic carboxylic acids is 2. The summed E-state index contributed by atoms with van der Waals surface area (Å²) in [5.74, 6) is -3.28. The zero-order chi connectivity index (χ0) is 30.9. The van der Waals surface area contributed by atoms with Gasteiger partial charge < -0.3 is 37.6 Å². The van der Waals surface area contributed by atoms with Crippen molar-refractivity contribution in [3.63, 3.8) is 0 Å². The van der Waals surface area contributed by atoms with E-state index < -0.39 is 46.5 Å². The van der Waals surface area contributed by atoms with Gasteiger partial charge in [-0.1, -0.05) is 10.1 Å². The molecule has 17 nitrogen and oxygen atoms in total. The fourth-order valence-corrected chi connectivity index (χ4v) is 6.86. The number of thioether (sulfide) groups is 2. The molecule has 0 unspecified atom stereocenters. The number of thiazole rings is 1. The lowest BCUT2D eigenvalue weighted by molar-refractivity contribution is -0.675. The molecule has 4 rings (SSSR count). The van der Waals surface area contributed by atoms with Gasteiger partial charge in [-0.15, -0.1) is 27.8 Å². The van der Waals surface area contributed by atoms with Crippen LogP contribution in [0.4, 0.5) is 16.8 Å². The highest BCUT2D eigenvalue weighted by atomic mass is 32.2. The number of nitrogens with one attached hydrogen (secondary N) is 2. The smallest absolute Gasteiger partial charge is 0.352 e. The molecule has 10 N–H and O–H groups in total. The van der Waals surface area contributed by atoms with Crippen molar-refractivity contribution in [1.29, 1.82) is 0 Å². The number of carbonyl (C=O) groups is 4. The van der Waals surface area contributed by atoms with Crippen LogP contribution in [0.25, 0.3) is 0 Å². The maximum Gasteiger partial charge on any atom is 0.352 e. The molecule has 224 valence electrons. The second kappa shape index (κ2) is 11.9. The van der Waals surface area contributed by atoms with Crippen LogP contribution in [0.15, 0.2) is 33.0 Å². The topological polar surface area (TPSA) is 265 Å². The Kier molecular flexibility index (Phi) is 8.68. The van der Waals surface area contributed by atoms with Crippen molar-refractivity contribution < 1.29 is 38.9 Å². The first-order valence-electron chi connectivity index (χ1n) is 12.0. The van der Waals surface area contributed by atoms with E-state index in [1.165, 1.54) is 53.5 Å². The van der Waals surface area contributed by atoms with Crippen molar-refractivity contribution in [2.45, 2.75) is 36.0 Å². The Morgan fingerprint density at radius 3 is 2.60 bits per heavy atom. The molecule has 0 radical (unpaired) electrons. The third-order valence-corrected chi connectivity index (χ3v) is 9.00. The van der Waals surface area contributed by atoms with E-state index in [0.717, 1.165) is 16.2 Å². The van der Waals surface area contributed by atoms with Crippen molar-refractivity contribution in [1.82, 2.24) is 20.2 Å². The Morgan fingerprint density at radius 2 is 2.00 bits per heavy atom. The molecule has 0 aromatic carbocycles. The monoisotopic (exact) mass is 639 g/mol. The maximum atomic E-state index is 13.2. The highest BCUT2D eigenvalue weighted by Gasteiger charge is 2.54. The van der Waals surface area contributed by atoms with Crippen LogP contribution in [0.2, 0.25) is 0 Å². The van der Waals surface area contributed by atoms with Crippen LogP contribution in [-0.2, 0) is 24.0 Å². The summed E-state index contributed by atoms with van der Waals surface area (Å²) in [4.78, 5) is 64.6. The Morgan fingerprint density at radius 1 is 1.29 bits per heavy atom. The first kappa shape index (κ1) is 30.7. The minimum atomic E-state index is -1.77. The molecule has 42 heavy (non-hydrogen) atoms. The lowest BCUT2D eigenvalue weighted by Gasteiger charge is -2.49. The average Bonchev–Trinajstić information content (AvgIpc) is 3.35. The normalized spacial score (nSPS) is 18.7. The van der Waals surface area contributed by atoms with Gasteiger partial charge in [-0.05, 0) is 31.2 Å². The minimum Gasteiger partial charge on any atom is -0.478 e. The number of amides is 2. The summed E-state index contributed by atoms with van der Waals surface area (Å²) in [5.41, 5.74) is 18.4. The lowest BCUT2D eigenvalue weighted by atomic mass is 10.0. The average molecular weight is 640 g/mol. The number of β-lactam (4-membered cyclic amide) rings is 1. The first-order valence-corrected chi connectivity index (χ1v) is 14.9.